The van der Waals surface area contributed by atoms with Gasteiger partial charge in [-0.15, -0.1) is 0 Å². The SMILES string of the molecule is ClC(N1CCOCC1)N1CCOCC1.F[P-](F)(F)(F)(F)F. The van der Waals surface area contributed by atoms with Crippen molar-refractivity contribution < 1.29 is 34.7 Å². The van der Waals surface area contributed by atoms with Crippen LogP contribution in [0.3, 0.4) is 0 Å². The molecule has 4 nitrogen and oxygen atoms in total. The molecule has 130 valence electrons. The molecule has 0 N–H and O–H groups in total. The summed E-state index contributed by atoms with van der Waals surface area (Å²) in [5.74, 6) is 0. The summed E-state index contributed by atoms with van der Waals surface area (Å²) in [6.45, 7) is 6.94. The Hall–Kier alpha value is 0.140. The van der Waals surface area contributed by atoms with Crippen molar-refractivity contribution in [3.05, 3.63) is 0 Å². The van der Waals surface area contributed by atoms with Crippen LogP contribution in [0.15, 0.2) is 0 Å². The molecule has 2 saturated heterocycles. The van der Waals surface area contributed by atoms with Gasteiger partial charge in [-0.2, -0.15) is 0 Å². The number of rotatable bonds is 2. The van der Waals surface area contributed by atoms with Gasteiger partial charge in [0.2, 0.25) is 0 Å². The molecular formula is C9H17ClF6N2O2P-. The Labute approximate surface area is 123 Å². The minimum absolute atomic E-state index is 0.0165. The molecule has 0 radical (unpaired) electrons. The van der Waals surface area contributed by atoms with E-state index in [0.29, 0.717) is 0 Å². The fraction of sp³-hybridized carbons (Fsp3) is 1.00. The minimum atomic E-state index is -10.7. The molecule has 12 heteroatoms. The summed E-state index contributed by atoms with van der Waals surface area (Å²) in [6.07, 6.45) is 0. The van der Waals surface area contributed by atoms with Crippen LogP contribution in [0, 0.1) is 0 Å². The van der Waals surface area contributed by atoms with Crippen molar-refractivity contribution in [2.75, 3.05) is 52.6 Å². The van der Waals surface area contributed by atoms with E-state index in [1.165, 1.54) is 0 Å². The Morgan fingerprint density at radius 3 is 1.19 bits per heavy atom. The van der Waals surface area contributed by atoms with Crippen molar-refractivity contribution in [2.24, 2.45) is 0 Å². The standard InChI is InChI=1S/C9H17ClN2O2.F6P/c10-9(11-1-5-13-6-2-11)12-3-7-14-8-4-12;1-7(2,3,4,5)6/h9H,1-8H2;/q;-1. The molecule has 21 heavy (non-hydrogen) atoms. The molecular weight excluding hydrogens is 349 g/mol. The third-order valence-corrected chi connectivity index (χ3v) is 3.25. The van der Waals surface area contributed by atoms with Crippen molar-refractivity contribution in [1.29, 1.82) is 0 Å². The zero-order valence-electron chi connectivity index (χ0n) is 11.0. The number of alkyl halides is 1. The Bertz CT molecular complexity index is 302. The first-order chi connectivity index (χ1) is 9.33. The number of halogens is 7. The van der Waals surface area contributed by atoms with Crippen LogP contribution in [0.5, 0.6) is 0 Å². The van der Waals surface area contributed by atoms with Gasteiger partial charge in [0.25, 0.3) is 0 Å². The molecule has 2 rings (SSSR count). The number of hydrogen-bond acceptors (Lipinski definition) is 4. The summed E-state index contributed by atoms with van der Waals surface area (Å²) in [5.41, 5.74) is 0.0165. The average molecular weight is 366 g/mol. The summed E-state index contributed by atoms with van der Waals surface area (Å²) in [4.78, 5) is 4.52. The van der Waals surface area contributed by atoms with Crippen LogP contribution in [0.1, 0.15) is 0 Å². The van der Waals surface area contributed by atoms with E-state index in [4.69, 9.17) is 21.1 Å². The number of nitrogens with zero attached hydrogens (tertiary/aromatic N) is 2. The molecule has 0 unspecified atom stereocenters. The third-order valence-electron chi connectivity index (χ3n) is 2.69. The quantitative estimate of drug-likeness (QED) is 0.323. The van der Waals surface area contributed by atoms with Gasteiger partial charge in [0.1, 0.15) is 5.62 Å². The third kappa shape index (κ3) is 11.4. The van der Waals surface area contributed by atoms with Crippen molar-refractivity contribution >= 4 is 19.4 Å². The second-order valence-electron chi connectivity index (χ2n) is 4.57. The van der Waals surface area contributed by atoms with Gasteiger partial charge in [0.05, 0.1) is 26.4 Å². The fourth-order valence-corrected chi connectivity index (χ4v) is 2.20. The molecule has 2 aliphatic heterocycles. The average Bonchev–Trinajstić information content (AvgIpc) is 2.36. The van der Waals surface area contributed by atoms with E-state index in [1.807, 2.05) is 0 Å². The first-order valence-electron chi connectivity index (χ1n) is 6.17. The van der Waals surface area contributed by atoms with Gasteiger partial charge in [-0.1, -0.05) is 11.6 Å². The maximum absolute atomic E-state index is 10.7. The zero-order chi connectivity index (χ0) is 16.2. The molecule has 2 aliphatic rings. The normalized spacial score (nSPS) is 25.7. The number of hydrogen-bond donors (Lipinski definition) is 0. The van der Waals surface area contributed by atoms with E-state index in [-0.39, 0.29) is 5.62 Å². The van der Waals surface area contributed by atoms with Gasteiger partial charge in [0.15, 0.2) is 0 Å². The molecule has 0 aliphatic carbocycles. The monoisotopic (exact) mass is 365 g/mol. The number of ether oxygens (including phenoxy) is 2. The van der Waals surface area contributed by atoms with Crippen LogP contribution in [0.2, 0.25) is 0 Å². The van der Waals surface area contributed by atoms with Gasteiger partial charge in [-0.3, -0.25) is 9.80 Å². The van der Waals surface area contributed by atoms with E-state index in [0.717, 1.165) is 52.6 Å². The van der Waals surface area contributed by atoms with Crippen LogP contribution in [-0.4, -0.2) is 68.0 Å². The van der Waals surface area contributed by atoms with E-state index < -0.39 is 7.81 Å². The van der Waals surface area contributed by atoms with Gasteiger partial charge in [-0.05, 0) is 0 Å². The van der Waals surface area contributed by atoms with Crippen LogP contribution >= 0.6 is 19.4 Å². The molecule has 0 atom stereocenters. The molecule has 0 aromatic carbocycles. The summed E-state index contributed by atoms with van der Waals surface area (Å²) >= 11 is 6.38. The van der Waals surface area contributed by atoms with Crippen LogP contribution in [0.4, 0.5) is 25.2 Å². The maximum atomic E-state index is 9.87. The van der Waals surface area contributed by atoms with Crippen LogP contribution in [0.25, 0.3) is 0 Å². The summed E-state index contributed by atoms with van der Waals surface area (Å²) < 4.78 is 69.8. The van der Waals surface area contributed by atoms with Gasteiger partial charge in [0, 0.05) is 26.2 Å². The summed E-state index contributed by atoms with van der Waals surface area (Å²) in [5, 5.41) is 0. The number of morpholine rings is 2. The predicted octanol–water partition coefficient (Wildman–Crippen LogP) is 3.56. The first kappa shape index (κ1) is 19.2. The van der Waals surface area contributed by atoms with Crippen LogP contribution < -0.4 is 0 Å². The molecule has 0 aromatic rings. The molecule has 0 amide bonds. The van der Waals surface area contributed by atoms with E-state index in [1.54, 1.807) is 0 Å². The van der Waals surface area contributed by atoms with Gasteiger partial charge < -0.3 is 9.47 Å². The topological polar surface area (TPSA) is 24.9 Å². The second kappa shape index (κ2) is 6.33. The Kier molecular flexibility index (Phi) is 5.78. The van der Waals surface area contributed by atoms with Crippen molar-refractivity contribution in [3.63, 3.8) is 0 Å². The molecule has 0 saturated carbocycles. The Morgan fingerprint density at radius 1 is 0.714 bits per heavy atom. The molecule has 0 bridgehead atoms. The van der Waals surface area contributed by atoms with E-state index in [2.05, 4.69) is 9.80 Å². The Morgan fingerprint density at radius 2 is 0.952 bits per heavy atom. The Balaban J connectivity index is 0.000000270. The van der Waals surface area contributed by atoms with Crippen LogP contribution in [-0.2, 0) is 9.47 Å². The van der Waals surface area contributed by atoms with E-state index in [9.17, 15) is 25.2 Å². The molecule has 0 aromatic heterocycles. The van der Waals surface area contributed by atoms with Crippen molar-refractivity contribution in [2.45, 2.75) is 5.62 Å². The fourth-order valence-electron chi connectivity index (χ4n) is 1.81. The first-order valence-corrected chi connectivity index (χ1v) is 8.63. The molecule has 2 fully saturated rings. The molecule has 0 spiro atoms. The van der Waals surface area contributed by atoms with E-state index >= 15 is 0 Å². The van der Waals surface area contributed by atoms with Crippen molar-refractivity contribution in [3.8, 4) is 0 Å². The van der Waals surface area contributed by atoms with Crippen molar-refractivity contribution in [1.82, 2.24) is 9.80 Å². The second-order valence-corrected chi connectivity index (χ2v) is 6.87. The van der Waals surface area contributed by atoms with Gasteiger partial charge in [-0.25, -0.2) is 0 Å². The zero-order valence-corrected chi connectivity index (χ0v) is 12.7. The summed E-state index contributed by atoms with van der Waals surface area (Å²) in [6, 6.07) is 0. The summed E-state index contributed by atoms with van der Waals surface area (Å²) in [7, 11) is -10.7. The predicted molar refractivity (Wildman–Crippen MR) is 68.0 cm³/mol. The van der Waals surface area contributed by atoms with Gasteiger partial charge >= 0.3 is 33.0 Å². The molecule has 2 heterocycles.